The Kier molecular flexibility index (Phi) is 5.96. The van der Waals surface area contributed by atoms with Crippen molar-refractivity contribution in [3.05, 3.63) is 24.3 Å². The molecule has 0 spiro atoms. The largest absolute Gasteiger partial charge is 0.384 e. The van der Waals surface area contributed by atoms with Crippen LogP contribution in [0.1, 0.15) is 13.8 Å². The van der Waals surface area contributed by atoms with Crippen LogP contribution in [0.25, 0.3) is 0 Å². The zero-order valence-electron chi connectivity index (χ0n) is 11.3. The van der Waals surface area contributed by atoms with E-state index in [2.05, 4.69) is 10.0 Å². The molecule has 19 heavy (non-hydrogen) atoms. The second kappa shape index (κ2) is 7.02. The van der Waals surface area contributed by atoms with Crippen LogP contribution < -0.4 is 10.0 Å². The molecule has 0 amide bonds. The molecule has 1 rings (SSSR count). The standard InChI is InChI=1S/C12H20N2O3S2/c1-4-14-19(16,17)12-7-5-11(6-8-12)13-9-10(2)18(3)15/h5-8,10,13-14H,4,9H2,1-3H3. The summed E-state index contributed by atoms with van der Waals surface area (Å²) in [5.41, 5.74) is 0.813. The van der Waals surface area contributed by atoms with Crippen LogP contribution in [0.15, 0.2) is 29.2 Å². The fourth-order valence-corrected chi connectivity index (χ4v) is 2.76. The van der Waals surface area contributed by atoms with E-state index >= 15 is 0 Å². The number of sulfonamides is 1. The van der Waals surface area contributed by atoms with Gasteiger partial charge in [0.1, 0.15) is 0 Å². The Balaban J connectivity index is 2.69. The molecule has 0 aliphatic heterocycles. The van der Waals surface area contributed by atoms with Gasteiger partial charge in [-0.25, -0.2) is 13.1 Å². The minimum Gasteiger partial charge on any atom is -0.384 e. The van der Waals surface area contributed by atoms with Crippen LogP contribution in [-0.4, -0.2) is 37.2 Å². The molecule has 0 aromatic heterocycles. The van der Waals surface area contributed by atoms with Gasteiger partial charge in [-0.2, -0.15) is 0 Å². The van der Waals surface area contributed by atoms with Gasteiger partial charge in [0.05, 0.1) is 4.90 Å². The van der Waals surface area contributed by atoms with Crippen molar-refractivity contribution in [1.82, 2.24) is 4.72 Å². The zero-order valence-corrected chi connectivity index (χ0v) is 13.0. The van der Waals surface area contributed by atoms with Crippen LogP contribution in [-0.2, 0) is 20.8 Å². The summed E-state index contributed by atoms with van der Waals surface area (Å²) in [5, 5.41) is 3.17. The number of anilines is 1. The molecule has 2 N–H and O–H groups in total. The summed E-state index contributed by atoms with van der Waals surface area (Å²) in [6, 6.07) is 6.51. The fourth-order valence-electron chi connectivity index (χ4n) is 1.40. The first kappa shape index (κ1) is 16.1. The average molecular weight is 304 g/mol. The SMILES string of the molecule is CCNS(=O)(=O)c1ccc(NCC(C)S(C)=O)cc1. The molecule has 0 fully saturated rings. The van der Waals surface area contributed by atoms with Crippen LogP contribution in [0.4, 0.5) is 5.69 Å². The smallest absolute Gasteiger partial charge is 0.240 e. The zero-order chi connectivity index (χ0) is 14.5. The second-order valence-electron chi connectivity index (χ2n) is 4.22. The predicted molar refractivity (Wildman–Crippen MR) is 79.3 cm³/mol. The summed E-state index contributed by atoms with van der Waals surface area (Å²) in [6.45, 7) is 4.58. The molecular weight excluding hydrogens is 284 g/mol. The normalized spacial score (nSPS) is 14.9. The Morgan fingerprint density at radius 2 is 1.84 bits per heavy atom. The van der Waals surface area contributed by atoms with E-state index in [4.69, 9.17) is 0 Å². The molecule has 108 valence electrons. The third-order valence-electron chi connectivity index (χ3n) is 2.66. The molecule has 0 saturated carbocycles. The van der Waals surface area contributed by atoms with Crippen molar-refractivity contribution >= 4 is 26.5 Å². The van der Waals surface area contributed by atoms with Gasteiger partial charge in [0.2, 0.25) is 10.0 Å². The lowest BCUT2D eigenvalue weighted by Crippen LogP contribution is -2.23. The lowest BCUT2D eigenvalue weighted by molar-refractivity contribution is 0.584. The van der Waals surface area contributed by atoms with Gasteiger partial charge in [-0.1, -0.05) is 6.92 Å². The summed E-state index contributed by atoms with van der Waals surface area (Å²) >= 11 is 0. The van der Waals surface area contributed by atoms with E-state index in [1.54, 1.807) is 37.4 Å². The van der Waals surface area contributed by atoms with E-state index in [0.717, 1.165) is 5.69 Å². The number of rotatable bonds is 7. The summed E-state index contributed by atoms with van der Waals surface area (Å²) in [7, 11) is -4.27. The lowest BCUT2D eigenvalue weighted by atomic mass is 10.3. The van der Waals surface area contributed by atoms with Crippen molar-refractivity contribution in [2.45, 2.75) is 24.0 Å². The summed E-state index contributed by atoms with van der Waals surface area (Å²) in [6.07, 6.45) is 1.67. The molecule has 7 heteroatoms. The van der Waals surface area contributed by atoms with Gasteiger partial charge in [0.25, 0.3) is 0 Å². The molecule has 0 heterocycles. The van der Waals surface area contributed by atoms with Gasteiger partial charge in [-0.05, 0) is 31.2 Å². The summed E-state index contributed by atoms with van der Waals surface area (Å²) < 4.78 is 37.1. The van der Waals surface area contributed by atoms with E-state index in [0.29, 0.717) is 13.1 Å². The van der Waals surface area contributed by atoms with E-state index < -0.39 is 20.8 Å². The second-order valence-corrected chi connectivity index (χ2v) is 7.78. The van der Waals surface area contributed by atoms with E-state index in [9.17, 15) is 12.6 Å². The van der Waals surface area contributed by atoms with Gasteiger partial charge in [0, 0.05) is 41.1 Å². The lowest BCUT2D eigenvalue weighted by Gasteiger charge is -2.11. The predicted octanol–water partition coefficient (Wildman–Crippen LogP) is 1.16. The maximum absolute atomic E-state index is 11.7. The number of hydrogen-bond acceptors (Lipinski definition) is 4. The fraction of sp³-hybridized carbons (Fsp3) is 0.500. The first-order valence-electron chi connectivity index (χ1n) is 6.02. The Hall–Kier alpha value is -0.920. The molecular formula is C12H20N2O3S2. The highest BCUT2D eigenvalue weighted by Crippen LogP contribution is 2.14. The first-order valence-corrected chi connectivity index (χ1v) is 9.13. The maximum atomic E-state index is 11.7. The highest BCUT2D eigenvalue weighted by atomic mass is 32.2. The van der Waals surface area contributed by atoms with Crippen molar-refractivity contribution in [3.63, 3.8) is 0 Å². The molecule has 0 aliphatic carbocycles. The molecule has 2 unspecified atom stereocenters. The Morgan fingerprint density at radius 1 is 1.26 bits per heavy atom. The van der Waals surface area contributed by atoms with Crippen LogP contribution in [0.3, 0.4) is 0 Å². The first-order chi connectivity index (χ1) is 8.86. The third kappa shape index (κ3) is 4.93. The third-order valence-corrected chi connectivity index (χ3v) is 5.52. The van der Waals surface area contributed by atoms with Crippen LogP contribution in [0.5, 0.6) is 0 Å². The minimum atomic E-state index is -3.40. The van der Waals surface area contributed by atoms with E-state index in [-0.39, 0.29) is 10.1 Å². The summed E-state index contributed by atoms with van der Waals surface area (Å²) in [5.74, 6) is 0. The average Bonchev–Trinajstić information content (AvgIpc) is 2.36. The molecule has 0 radical (unpaired) electrons. The minimum absolute atomic E-state index is 0.0465. The van der Waals surface area contributed by atoms with Crippen LogP contribution in [0.2, 0.25) is 0 Å². The van der Waals surface area contributed by atoms with Gasteiger partial charge in [-0.15, -0.1) is 0 Å². The molecule has 1 aromatic rings. The molecule has 0 bridgehead atoms. The summed E-state index contributed by atoms with van der Waals surface area (Å²) in [4.78, 5) is 0.243. The van der Waals surface area contributed by atoms with Crippen molar-refractivity contribution < 1.29 is 12.6 Å². The van der Waals surface area contributed by atoms with Crippen LogP contribution >= 0.6 is 0 Å². The van der Waals surface area contributed by atoms with Crippen LogP contribution in [0, 0.1) is 0 Å². The number of nitrogens with one attached hydrogen (secondary N) is 2. The molecule has 2 atom stereocenters. The van der Waals surface area contributed by atoms with Gasteiger partial charge < -0.3 is 5.32 Å². The molecule has 5 nitrogen and oxygen atoms in total. The Labute approximate surface area is 117 Å². The molecule has 1 aromatic carbocycles. The number of benzene rings is 1. The van der Waals surface area contributed by atoms with Gasteiger partial charge in [0.15, 0.2) is 0 Å². The molecule has 0 saturated heterocycles. The van der Waals surface area contributed by atoms with Gasteiger partial charge >= 0.3 is 0 Å². The maximum Gasteiger partial charge on any atom is 0.240 e. The van der Waals surface area contributed by atoms with Gasteiger partial charge in [-0.3, -0.25) is 4.21 Å². The molecule has 0 aliphatic rings. The Bertz CT molecular complexity index is 526. The van der Waals surface area contributed by atoms with Crippen molar-refractivity contribution in [2.75, 3.05) is 24.7 Å². The van der Waals surface area contributed by atoms with E-state index in [1.807, 2.05) is 6.92 Å². The Morgan fingerprint density at radius 3 is 2.32 bits per heavy atom. The topological polar surface area (TPSA) is 75.3 Å². The van der Waals surface area contributed by atoms with E-state index in [1.165, 1.54) is 0 Å². The van der Waals surface area contributed by atoms with Crippen molar-refractivity contribution in [1.29, 1.82) is 0 Å². The number of hydrogen-bond donors (Lipinski definition) is 2. The highest BCUT2D eigenvalue weighted by Gasteiger charge is 2.12. The quantitative estimate of drug-likeness (QED) is 0.793. The van der Waals surface area contributed by atoms with Crippen molar-refractivity contribution in [3.8, 4) is 0 Å². The highest BCUT2D eigenvalue weighted by molar-refractivity contribution is 7.89. The monoisotopic (exact) mass is 304 g/mol. The van der Waals surface area contributed by atoms with Crippen molar-refractivity contribution in [2.24, 2.45) is 0 Å².